The average molecular weight is 397 g/mol. The van der Waals surface area contributed by atoms with Gasteiger partial charge in [-0.25, -0.2) is 0 Å². The van der Waals surface area contributed by atoms with E-state index in [1.807, 2.05) is 25.1 Å². The van der Waals surface area contributed by atoms with E-state index in [2.05, 4.69) is 41.0 Å². The van der Waals surface area contributed by atoms with Crippen LogP contribution in [0.4, 0.5) is 0 Å². The summed E-state index contributed by atoms with van der Waals surface area (Å²) in [5.41, 5.74) is 2.49. The Morgan fingerprint density at radius 2 is 1.86 bits per heavy atom. The third-order valence-corrected chi connectivity index (χ3v) is 5.52. The largest absolute Gasteiger partial charge is 0.493 e. The minimum absolute atomic E-state index is 0.0143. The lowest BCUT2D eigenvalue weighted by atomic mass is 9.91. The van der Waals surface area contributed by atoms with E-state index >= 15 is 0 Å². The third kappa shape index (κ3) is 5.97. The molecule has 1 atom stereocenters. The fourth-order valence-corrected chi connectivity index (χ4v) is 4.07. The maximum atomic E-state index is 11.6. The Labute approximate surface area is 173 Å². The van der Waals surface area contributed by atoms with Crippen LogP contribution in [-0.2, 0) is 11.3 Å². The van der Waals surface area contributed by atoms with Gasteiger partial charge in [0.05, 0.1) is 7.11 Å². The van der Waals surface area contributed by atoms with Crippen LogP contribution in [0.5, 0.6) is 11.5 Å². The van der Waals surface area contributed by atoms with Crippen LogP contribution in [0.25, 0.3) is 0 Å². The first kappa shape index (κ1) is 21.2. The van der Waals surface area contributed by atoms with E-state index in [0.29, 0.717) is 30.0 Å². The van der Waals surface area contributed by atoms with Crippen molar-refractivity contribution < 1.29 is 14.3 Å². The highest BCUT2D eigenvalue weighted by molar-refractivity contribution is 5.77. The van der Waals surface area contributed by atoms with Gasteiger partial charge in [0.15, 0.2) is 18.1 Å². The number of methoxy groups -OCH3 is 1. The van der Waals surface area contributed by atoms with Gasteiger partial charge in [0.1, 0.15) is 0 Å². The summed E-state index contributed by atoms with van der Waals surface area (Å²) in [6, 6.07) is 17.0. The van der Waals surface area contributed by atoms with Gasteiger partial charge in [0.25, 0.3) is 5.91 Å². The molecule has 0 heterocycles. The van der Waals surface area contributed by atoms with Crippen molar-refractivity contribution in [3.63, 3.8) is 0 Å². The molecule has 0 aliphatic heterocycles. The van der Waals surface area contributed by atoms with Gasteiger partial charge in [-0.1, -0.05) is 49.2 Å². The van der Waals surface area contributed by atoms with Gasteiger partial charge in [0.2, 0.25) is 0 Å². The molecule has 3 rings (SSSR count). The van der Waals surface area contributed by atoms with Crippen molar-refractivity contribution in [1.82, 2.24) is 10.6 Å². The molecular weight excluding hydrogens is 364 g/mol. The molecule has 5 heteroatoms. The van der Waals surface area contributed by atoms with E-state index in [0.717, 1.165) is 12.1 Å². The van der Waals surface area contributed by atoms with Gasteiger partial charge in [0, 0.05) is 19.1 Å². The molecule has 1 aliphatic carbocycles. The summed E-state index contributed by atoms with van der Waals surface area (Å²) in [7, 11) is 1.62. The molecule has 0 bridgehead atoms. The SMILES string of the molecule is CCNC(=O)COc1ccc(CNC(c2ccccc2)C2CCCC2)cc1OC. The number of likely N-dealkylation sites (N-methyl/N-ethyl adjacent to an activating group) is 1. The Morgan fingerprint density at radius 3 is 2.55 bits per heavy atom. The van der Waals surface area contributed by atoms with Gasteiger partial charge < -0.3 is 20.1 Å². The highest BCUT2D eigenvalue weighted by Gasteiger charge is 2.25. The molecule has 2 aromatic carbocycles. The summed E-state index contributed by atoms with van der Waals surface area (Å²) in [5.74, 6) is 1.77. The molecule has 5 nitrogen and oxygen atoms in total. The number of carbonyl (C=O) groups is 1. The van der Waals surface area contributed by atoms with Gasteiger partial charge in [-0.2, -0.15) is 0 Å². The van der Waals surface area contributed by atoms with Crippen LogP contribution in [-0.4, -0.2) is 26.2 Å². The second-order valence-electron chi connectivity index (χ2n) is 7.54. The molecule has 0 spiro atoms. The zero-order valence-corrected chi connectivity index (χ0v) is 17.4. The Hall–Kier alpha value is -2.53. The van der Waals surface area contributed by atoms with Crippen molar-refractivity contribution in [3.8, 4) is 11.5 Å². The average Bonchev–Trinajstić information content (AvgIpc) is 3.28. The summed E-state index contributed by atoms with van der Waals surface area (Å²) >= 11 is 0. The molecule has 0 saturated heterocycles. The van der Waals surface area contributed by atoms with E-state index < -0.39 is 0 Å². The molecule has 1 amide bonds. The van der Waals surface area contributed by atoms with E-state index in [-0.39, 0.29) is 12.5 Å². The Balaban J connectivity index is 1.66. The molecule has 29 heavy (non-hydrogen) atoms. The number of benzene rings is 2. The van der Waals surface area contributed by atoms with Crippen molar-refractivity contribution in [1.29, 1.82) is 0 Å². The molecular formula is C24H32N2O3. The van der Waals surface area contributed by atoms with E-state index in [1.54, 1.807) is 7.11 Å². The lowest BCUT2D eigenvalue weighted by Crippen LogP contribution is -2.28. The minimum atomic E-state index is -0.137. The van der Waals surface area contributed by atoms with E-state index in [1.165, 1.54) is 31.2 Å². The van der Waals surface area contributed by atoms with Crippen molar-refractivity contribution >= 4 is 5.91 Å². The smallest absolute Gasteiger partial charge is 0.257 e. The summed E-state index contributed by atoms with van der Waals surface area (Å²) in [6.07, 6.45) is 5.20. The van der Waals surface area contributed by atoms with Gasteiger partial charge in [-0.05, 0) is 48.9 Å². The fraction of sp³-hybridized carbons (Fsp3) is 0.458. The molecule has 1 unspecified atom stereocenters. The van der Waals surface area contributed by atoms with Crippen LogP contribution in [0.3, 0.4) is 0 Å². The van der Waals surface area contributed by atoms with E-state index in [4.69, 9.17) is 9.47 Å². The van der Waals surface area contributed by atoms with Crippen LogP contribution < -0.4 is 20.1 Å². The van der Waals surface area contributed by atoms with Crippen molar-refractivity contribution in [2.45, 2.75) is 45.2 Å². The Bertz CT molecular complexity index is 773. The second kappa shape index (κ2) is 10.9. The van der Waals surface area contributed by atoms with Crippen molar-refractivity contribution in [3.05, 3.63) is 59.7 Å². The normalized spacial score (nSPS) is 15.1. The Morgan fingerprint density at radius 1 is 1.10 bits per heavy atom. The van der Waals surface area contributed by atoms with Gasteiger partial charge in [-0.3, -0.25) is 4.79 Å². The van der Waals surface area contributed by atoms with Crippen LogP contribution >= 0.6 is 0 Å². The summed E-state index contributed by atoms with van der Waals surface area (Å²) in [5, 5.41) is 6.50. The minimum Gasteiger partial charge on any atom is -0.493 e. The molecule has 156 valence electrons. The zero-order chi connectivity index (χ0) is 20.5. The van der Waals surface area contributed by atoms with Crippen molar-refractivity contribution in [2.75, 3.05) is 20.3 Å². The predicted molar refractivity (Wildman–Crippen MR) is 115 cm³/mol. The number of amides is 1. The molecule has 2 N–H and O–H groups in total. The predicted octanol–water partition coefficient (Wildman–Crippen LogP) is 4.23. The number of carbonyl (C=O) groups excluding carboxylic acids is 1. The first-order valence-electron chi connectivity index (χ1n) is 10.6. The lowest BCUT2D eigenvalue weighted by molar-refractivity contribution is -0.123. The van der Waals surface area contributed by atoms with Crippen LogP contribution in [0, 0.1) is 5.92 Å². The second-order valence-corrected chi connectivity index (χ2v) is 7.54. The zero-order valence-electron chi connectivity index (χ0n) is 17.4. The molecule has 1 fully saturated rings. The number of ether oxygens (including phenoxy) is 2. The standard InChI is InChI=1S/C24H32N2O3/c1-3-25-23(27)17-29-21-14-13-18(15-22(21)28-2)16-26-24(20-11-7-8-12-20)19-9-5-4-6-10-19/h4-6,9-10,13-15,20,24,26H,3,7-8,11-12,16-17H2,1-2H3,(H,25,27). The summed E-state index contributed by atoms with van der Waals surface area (Å²) in [6.45, 7) is 3.21. The van der Waals surface area contributed by atoms with Crippen molar-refractivity contribution in [2.24, 2.45) is 5.92 Å². The molecule has 2 aromatic rings. The van der Waals surface area contributed by atoms with Crippen LogP contribution in [0.1, 0.15) is 49.8 Å². The molecule has 1 saturated carbocycles. The highest BCUT2D eigenvalue weighted by atomic mass is 16.5. The molecule has 1 aliphatic rings. The maximum absolute atomic E-state index is 11.6. The topological polar surface area (TPSA) is 59.6 Å². The number of rotatable bonds is 10. The monoisotopic (exact) mass is 396 g/mol. The fourth-order valence-electron chi connectivity index (χ4n) is 4.07. The lowest BCUT2D eigenvalue weighted by Gasteiger charge is -2.25. The van der Waals surface area contributed by atoms with Crippen LogP contribution in [0.2, 0.25) is 0 Å². The van der Waals surface area contributed by atoms with Crippen LogP contribution in [0.15, 0.2) is 48.5 Å². The summed E-state index contributed by atoms with van der Waals surface area (Å²) < 4.78 is 11.1. The summed E-state index contributed by atoms with van der Waals surface area (Å²) in [4.78, 5) is 11.6. The first-order valence-corrected chi connectivity index (χ1v) is 10.6. The van der Waals surface area contributed by atoms with Gasteiger partial charge >= 0.3 is 0 Å². The third-order valence-electron chi connectivity index (χ3n) is 5.52. The van der Waals surface area contributed by atoms with Gasteiger partial charge in [-0.15, -0.1) is 0 Å². The first-order chi connectivity index (χ1) is 14.2. The molecule has 0 aromatic heterocycles. The number of hydrogen-bond donors (Lipinski definition) is 2. The number of nitrogens with one attached hydrogen (secondary N) is 2. The quantitative estimate of drug-likeness (QED) is 0.631. The maximum Gasteiger partial charge on any atom is 0.257 e. The highest BCUT2D eigenvalue weighted by Crippen LogP contribution is 2.36. The Kier molecular flexibility index (Phi) is 7.94. The molecule has 0 radical (unpaired) electrons. The number of hydrogen-bond acceptors (Lipinski definition) is 4. The van der Waals surface area contributed by atoms with E-state index in [9.17, 15) is 4.79 Å².